The Balaban J connectivity index is 1.51. The average Bonchev–Trinajstić information content (AvgIpc) is 3.12. The molecule has 2 aromatic heterocycles. The molecule has 7 nitrogen and oxygen atoms in total. The molecule has 0 radical (unpaired) electrons. The topological polar surface area (TPSA) is 83.9 Å². The van der Waals surface area contributed by atoms with Gasteiger partial charge < -0.3 is 10.2 Å². The number of nitrogens with zero attached hydrogens (tertiary/aromatic N) is 5. The van der Waals surface area contributed by atoms with E-state index in [0.717, 1.165) is 36.2 Å². The number of carbonyl (C=O) groups excluding carboxylic acids is 1. The number of amides is 1. The van der Waals surface area contributed by atoms with E-state index in [9.17, 15) is 4.79 Å². The van der Waals surface area contributed by atoms with Gasteiger partial charge in [0.25, 0.3) is 5.91 Å². The summed E-state index contributed by atoms with van der Waals surface area (Å²) in [6.07, 6.45) is 3.62. The number of piperidine rings is 1. The number of anilines is 2. The van der Waals surface area contributed by atoms with E-state index in [2.05, 4.69) is 29.2 Å². The van der Waals surface area contributed by atoms with Gasteiger partial charge in [-0.25, -0.2) is 0 Å². The summed E-state index contributed by atoms with van der Waals surface area (Å²) in [4.78, 5) is 14.6. The molecule has 1 aliphatic heterocycles. The van der Waals surface area contributed by atoms with Crippen molar-refractivity contribution < 1.29 is 4.79 Å². The summed E-state index contributed by atoms with van der Waals surface area (Å²) in [7, 11) is 0. The highest BCUT2D eigenvalue weighted by molar-refractivity contribution is 7.00. The molecule has 0 saturated carbocycles. The molecule has 1 fully saturated rings. The monoisotopic (exact) mass is 340 g/mol. The molecule has 3 aromatic rings. The van der Waals surface area contributed by atoms with Crippen LogP contribution >= 0.6 is 11.7 Å². The fourth-order valence-electron chi connectivity index (χ4n) is 2.83. The molecule has 0 unspecified atom stereocenters. The molecule has 1 amide bonds. The maximum atomic E-state index is 12.4. The van der Waals surface area contributed by atoms with Crippen LogP contribution in [0.1, 0.15) is 29.8 Å². The SMILES string of the molecule is O=C(Nc1cccc2nsnc12)c1ccc(N2CCCCC2)nn1. The van der Waals surface area contributed by atoms with Crippen LogP contribution in [-0.4, -0.2) is 37.9 Å². The van der Waals surface area contributed by atoms with E-state index in [4.69, 9.17) is 0 Å². The van der Waals surface area contributed by atoms with Gasteiger partial charge in [0, 0.05) is 13.1 Å². The van der Waals surface area contributed by atoms with Gasteiger partial charge in [-0.15, -0.1) is 10.2 Å². The van der Waals surface area contributed by atoms with Crippen LogP contribution < -0.4 is 10.2 Å². The minimum absolute atomic E-state index is 0.288. The lowest BCUT2D eigenvalue weighted by Crippen LogP contribution is -2.30. The Morgan fingerprint density at radius 2 is 1.92 bits per heavy atom. The minimum atomic E-state index is -0.298. The van der Waals surface area contributed by atoms with E-state index < -0.39 is 0 Å². The number of hydrogen-bond acceptors (Lipinski definition) is 7. The molecule has 0 spiro atoms. The number of rotatable bonds is 3. The first-order valence-corrected chi connectivity index (χ1v) is 8.65. The van der Waals surface area contributed by atoms with E-state index in [1.54, 1.807) is 12.1 Å². The van der Waals surface area contributed by atoms with Gasteiger partial charge in [-0.2, -0.15) is 8.75 Å². The molecule has 4 rings (SSSR count). The molecule has 0 atom stereocenters. The van der Waals surface area contributed by atoms with E-state index in [1.165, 1.54) is 19.3 Å². The summed E-state index contributed by atoms with van der Waals surface area (Å²) in [6, 6.07) is 9.08. The van der Waals surface area contributed by atoms with Crippen molar-refractivity contribution in [3.05, 3.63) is 36.0 Å². The predicted octanol–water partition coefficient (Wildman–Crippen LogP) is 2.72. The highest BCUT2D eigenvalue weighted by Gasteiger charge is 2.15. The number of carbonyl (C=O) groups is 1. The predicted molar refractivity (Wildman–Crippen MR) is 93.5 cm³/mol. The van der Waals surface area contributed by atoms with E-state index in [-0.39, 0.29) is 11.6 Å². The summed E-state index contributed by atoms with van der Waals surface area (Å²) < 4.78 is 8.38. The minimum Gasteiger partial charge on any atom is -0.355 e. The molecule has 3 heterocycles. The van der Waals surface area contributed by atoms with Gasteiger partial charge in [0.1, 0.15) is 11.0 Å². The van der Waals surface area contributed by atoms with Crippen molar-refractivity contribution in [2.45, 2.75) is 19.3 Å². The maximum Gasteiger partial charge on any atom is 0.276 e. The van der Waals surface area contributed by atoms with Crippen LogP contribution in [0.3, 0.4) is 0 Å². The van der Waals surface area contributed by atoms with Crippen molar-refractivity contribution in [2.24, 2.45) is 0 Å². The summed E-state index contributed by atoms with van der Waals surface area (Å²) in [5, 5.41) is 11.1. The first kappa shape index (κ1) is 14.9. The first-order chi connectivity index (χ1) is 11.8. The summed E-state index contributed by atoms with van der Waals surface area (Å²) >= 11 is 1.12. The first-order valence-electron chi connectivity index (χ1n) is 7.92. The lowest BCUT2D eigenvalue weighted by molar-refractivity contribution is 0.102. The van der Waals surface area contributed by atoms with Crippen molar-refractivity contribution >= 4 is 40.2 Å². The van der Waals surface area contributed by atoms with Crippen LogP contribution in [0.2, 0.25) is 0 Å². The van der Waals surface area contributed by atoms with Crippen LogP contribution in [0.15, 0.2) is 30.3 Å². The summed E-state index contributed by atoms with van der Waals surface area (Å²) in [6.45, 7) is 2.00. The van der Waals surface area contributed by atoms with Crippen LogP contribution in [0.5, 0.6) is 0 Å². The lowest BCUT2D eigenvalue weighted by Gasteiger charge is -2.27. The smallest absolute Gasteiger partial charge is 0.276 e. The molecular weight excluding hydrogens is 324 g/mol. The average molecular weight is 340 g/mol. The van der Waals surface area contributed by atoms with Crippen LogP contribution in [0, 0.1) is 0 Å². The van der Waals surface area contributed by atoms with Crippen LogP contribution in [0.4, 0.5) is 11.5 Å². The van der Waals surface area contributed by atoms with Crippen molar-refractivity contribution in [1.82, 2.24) is 18.9 Å². The Labute approximate surface area is 143 Å². The second kappa shape index (κ2) is 6.48. The quantitative estimate of drug-likeness (QED) is 0.789. The van der Waals surface area contributed by atoms with Crippen LogP contribution in [-0.2, 0) is 0 Å². The van der Waals surface area contributed by atoms with Gasteiger partial charge >= 0.3 is 0 Å². The van der Waals surface area contributed by atoms with Crippen molar-refractivity contribution in [3.63, 3.8) is 0 Å². The van der Waals surface area contributed by atoms with Gasteiger partial charge in [0.15, 0.2) is 11.5 Å². The molecule has 1 saturated heterocycles. The van der Waals surface area contributed by atoms with E-state index in [0.29, 0.717) is 11.2 Å². The molecule has 1 N–H and O–H groups in total. The third-order valence-corrected chi connectivity index (χ3v) is 4.64. The second-order valence-electron chi connectivity index (χ2n) is 5.72. The van der Waals surface area contributed by atoms with E-state index >= 15 is 0 Å². The Kier molecular flexibility index (Phi) is 4.04. The molecule has 0 aliphatic carbocycles. The fourth-order valence-corrected chi connectivity index (χ4v) is 3.38. The molecule has 8 heteroatoms. The molecule has 1 aliphatic rings. The standard InChI is InChI=1S/C16H16N6OS/c23-16(17-11-5-4-6-12-15(11)21-24-20-12)13-7-8-14(19-18-13)22-9-2-1-3-10-22/h4-8H,1-3,9-10H2,(H,17,23). The summed E-state index contributed by atoms with van der Waals surface area (Å²) in [5.41, 5.74) is 2.38. The third kappa shape index (κ3) is 2.92. The molecule has 1 aromatic carbocycles. The number of fused-ring (bicyclic) bond motifs is 1. The fraction of sp³-hybridized carbons (Fsp3) is 0.312. The van der Waals surface area contributed by atoms with Crippen molar-refractivity contribution in [3.8, 4) is 0 Å². The maximum absolute atomic E-state index is 12.4. The largest absolute Gasteiger partial charge is 0.355 e. The van der Waals surface area contributed by atoms with Gasteiger partial charge in [-0.1, -0.05) is 6.07 Å². The van der Waals surface area contributed by atoms with E-state index in [1.807, 2.05) is 18.2 Å². The zero-order chi connectivity index (χ0) is 16.4. The molecule has 24 heavy (non-hydrogen) atoms. The third-order valence-electron chi connectivity index (χ3n) is 4.10. The zero-order valence-electron chi connectivity index (χ0n) is 13.0. The Hall–Kier alpha value is -2.61. The highest BCUT2D eigenvalue weighted by atomic mass is 32.1. The van der Waals surface area contributed by atoms with Gasteiger partial charge in [0.05, 0.1) is 17.4 Å². The molecular formula is C16H16N6OS. The second-order valence-corrected chi connectivity index (χ2v) is 6.24. The number of hydrogen-bond donors (Lipinski definition) is 1. The Morgan fingerprint density at radius 3 is 2.71 bits per heavy atom. The number of aromatic nitrogens is 4. The van der Waals surface area contributed by atoms with Crippen LogP contribution in [0.25, 0.3) is 11.0 Å². The Morgan fingerprint density at radius 1 is 1.04 bits per heavy atom. The van der Waals surface area contributed by atoms with Gasteiger partial charge in [0.2, 0.25) is 0 Å². The van der Waals surface area contributed by atoms with Crippen molar-refractivity contribution in [1.29, 1.82) is 0 Å². The Bertz CT molecular complexity index is 856. The normalized spacial score (nSPS) is 14.8. The van der Waals surface area contributed by atoms with Gasteiger partial charge in [-0.05, 0) is 43.5 Å². The highest BCUT2D eigenvalue weighted by Crippen LogP contribution is 2.22. The number of benzene rings is 1. The van der Waals surface area contributed by atoms with Gasteiger partial charge in [-0.3, -0.25) is 4.79 Å². The molecule has 122 valence electrons. The lowest BCUT2D eigenvalue weighted by atomic mass is 10.1. The number of nitrogens with one attached hydrogen (secondary N) is 1. The summed E-state index contributed by atoms with van der Waals surface area (Å²) in [5.74, 6) is 0.533. The van der Waals surface area contributed by atoms with Crippen molar-refractivity contribution in [2.75, 3.05) is 23.3 Å². The molecule has 0 bridgehead atoms. The zero-order valence-corrected chi connectivity index (χ0v) is 13.8.